The van der Waals surface area contributed by atoms with Crippen LogP contribution >= 0.6 is 11.6 Å². The van der Waals surface area contributed by atoms with Gasteiger partial charge >= 0.3 is 0 Å². The summed E-state index contributed by atoms with van der Waals surface area (Å²) in [5, 5.41) is 13.7. The van der Waals surface area contributed by atoms with E-state index >= 15 is 0 Å². The van der Waals surface area contributed by atoms with E-state index in [1.807, 2.05) is 0 Å². The van der Waals surface area contributed by atoms with Crippen LogP contribution in [0.25, 0.3) is 0 Å². The molecular weight excluding hydrogens is 300 g/mol. The van der Waals surface area contributed by atoms with Crippen LogP contribution < -0.4 is 5.32 Å². The molecule has 7 nitrogen and oxygen atoms in total. The number of nitro groups is 1. The Labute approximate surface area is 127 Å². The van der Waals surface area contributed by atoms with Gasteiger partial charge in [-0.2, -0.15) is 0 Å². The Balaban J connectivity index is 2.44. The third kappa shape index (κ3) is 6.07. The average Bonchev–Trinajstić information content (AvgIpc) is 2.46. The SMILES string of the molecule is COCCOCCCNC(=O)c1ccc(Cl)cc1[N+](=O)[O-]. The van der Waals surface area contributed by atoms with Crippen LogP contribution in [0.5, 0.6) is 0 Å². The van der Waals surface area contributed by atoms with Gasteiger partial charge in [0.2, 0.25) is 0 Å². The Kier molecular flexibility index (Phi) is 7.66. The highest BCUT2D eigenvalue weighted by atomic mass is 35.5. The molecule has 1 amide bonds. The van der Waals surface area contributed by atoms with E-state index in [0.717, 1.165) is 6.07 Å². The number of benzene rings is 1. The van der Waals surface area contributed by atoms with E-state index in [2.05, 4.69) is 5.32 Å². The third-order valence-electron chi connectivity index (χ3n) is 2.58. The third-order valence-corrected chi connectivity index (χ3v) is 2.82. The van der Waals surface area contributed by atoms with E-state index < -0.39 is 10.8 Å². The monoisotopic (exact) mass is 316 g/mol. The van der Waals surface area contributed by atoms with Crippen LogP contribution in [0.2, 0.25) is 5.02 Å². The first-order valence-electron chi connectivity index (χ1n) is 6.35. The highest BCUT2D eigenvalue weighted by Gasteiger charge is 2.19. The van der Waals surface area contributed by atoms with Crippen LogP contribution in [0, 0.1) is 10.1 Å². The molecule has 1 rings (SSSR count). The number of rotatable bonds is 9. The summed E-state index contributed by atoms with van der Waals surface area (Å²) in [5.41, 5.74) is -0.318. The van der Waals surface area contributed by atoms with Crippen molar-refractivity contribution in [1.29, 1.82) is 0 Å². The van der Waals surface area contributed by atoms with E-state index in [1.165, 1.54) is 12.1 Å². The summed E-state index contributed by atoms with van der Waals surface area (Å²) >= 11 is 5.69. The van der Waals surface area contributed by atoms with Gasteiger partial charge in [-0.05, 0) is 18.6 Å². The summed E-state index contributed by atoms with van der Waals surface area (Å²) in [5.74, 6) is -0.504. The second-order valence-electron chi connectivity index (χ2n) is 4.13. The smallest absolute Gasteiger partial charge is 0.283 e. The first kappa shape index (κ1) is 17.4. The fourth-order valence-electron chi connectivity index (χ4n) is 1.56. The molecule has 0 aliphatic heterocycles. The van der Waals surface area contributed by atoms with Gasteiger partial charge in [-0.3, -0.25) is 14.9 Å². The van der Waals surface area contributed by atoms with Gasteiger partial charge in [0.1, 0.15) is 5.56 Å². The molecule has 0 bridgehead atoms. The summed E-state index contributed by atoms with van der Waals surface area (Å²) in [7, 11) is 1.59. The number of carbonyl (C=O) groups is 1. The highest BCUT2D eigenvalue weighted by molar-refractivity contribution is 6.31. The average molecular weight is 317 g/mol. The van der Waals surface area contributed by atoms with Gasteiger partial charge in [-0.25, -0.2) is 0 Å². The van der Waals surface area contributed by atoms with Crippen molar-refractivity contribution in [3.05, 3.63) is 38.9 Å². The van der Waals surface area contributed by atoms with Crippen LogP contribution in [0.3, 0.4) is 0 Å². The van der Waals surface area contributed by atoms with Crippen molar-refractivity contribution in [2.24, 2.45) is 0 Å². The molecule has 0 aliphatic rings. The number of nitrogens with zero attached hydrogens (tertiary/aromatic N) is 1. The number of halogens is 1. The van der Waals surface area contributed by atoms with Crippen LogP contribution in [0.4, 0.5) is 5.69 Å². The zero-order valence-corrected chi connectivity index (χ0v) is 12.4. The molecule has 0 aliphatic carbocycles. The maximum atomic E-state index is 11.9. The predicted octanol–water partition coefficient (Wildman–Crippen LogP) is 2.03. The minimum atomic E-state index is -0.630. The van der Waals surface area contributed by atoms with Crippen molar-refractivity contribution < 1.29 is 19.2 Å². The molecular formula is C13H17ClN2O5. The molecule has 0 heterocycles. The molecule has 0 unspecified atom stereocenters. The Morgan fingerprint density at radius 2 is 2.14 bits per heavy atom. The van der Waals surface area contributed by atoms with E-state index in [1.54, 1.807) is 7.11 Å². The molecule has 116 valence electrons. The maximum absolute atomic E-state index is 11.9. The Morgan fingerprint density at radius 3 is 2.81 bits per heavy atom. The number of amides is 1. The molecule has 0 radical (unpaired) electrons. The van der Waals surface area contributed by atoms with Crippen molar-refractivity contribution >= 4 is 23.2 Å². The van der Waals surface area contributed by atoms with Crippen LogP contribution in [0.1, 0.15) is 16.8 Å². The molecule has 0 saturated heterocycles. The minimum absolute atomic E-state index is 0.00954. The molecule has 0 spiro atoms. The van der Waals surface area contributed by atoms with Crippen molar-refractivity contribution in [2.75, 3.05) is 33.5 Å². The largest absolute Gasteiger partial charge is 0.382 e. The fourth-order valence-corrected chi connectivity index (χ4v) is 1.73. The van der Waals surface area contributed by atoms with Crippen molar-refractivity contribution in [3.8, 4) is 0 Å². The lowest BCUT2D eigenvalue weighted by Gasteiger charge is -2.07. The van der Waals surface area contributed by atoms with E-state index in [0.29, 0.717) is 32.8 Å². The summed E-state index contributed by atoms with van der Waals surface area (Å²) in [6.45, 7) is 1.86. The molecule has 1 aromatic rings. The molecule has 0 saturated carbocycles. The second kappa shape index (κ2) is 9.28. The lowest BCUT2D eigenvalue weighted by Crippen LogP contribution is -2.26. The summed E-state index contributed by atoms with van der Waals surface area (Å²) in [6, 6.07) is 3.94. The summed E-state index contributed by atoms with van der Waals surface area (Å²) < 4.78 is 10.1. The van der Waals surface area contributed by atoms with Crippen LogP contribution in [-0.4, -0.2) is 44.3 Å². The molecule has 0 fully saturated rings. The molecule has 0 aromatic heterocycles. The van der Waals surface area contributed by atoms with Crippen molar-refractivity contribution in [2.45, 2.75) is 6.42 Å². The van der Waals surface area contributed by atoms with E-state index in [-0.39, 0.29) is 16.3 Å². The van der Waals surface area contributed by atoms with Gasteiger partial charge in [-0.15, -0.1) is 0 Å². The number of nitrogens with one attached hydrogen (secondary N) is 1. The topological polar surface area (TPSA) is 90.7 Å². The molecule has 0 atom stereocenters. The lowest BCUT2D eigenvalue weighted by atomic mass is 10.1. The molecule has 1 aromatic carbocycles. The van der Waals surface area contributed by atoms with Crippen LogP contribution in [-0.2, 0) is 9.47 Å². The number of methoxy groups -OCH3 is 1. The zero-order valence-electron chi connectivity index (χ0n) is 11.6. The lowest BCUT2D eigenvalue weighted by molar-refractivity contribution is -0.385. The van der Waals surface area contributed by atoms with Gasteiger partial charge < -0.3 is 14.8 Å². The predicted molar refractivity (Wildman–Crippen MR) is 77.8 cm³/mol. The summed E-state index contributed by atoms with van der Waals surface area (Å²) in [6.07, 6.45) is 0.608. The van der Waals surface area contributed by atoms with Crippen molar-refractivity contribution in [3.63, 3.8) is 0 Å². The number of ether oxygens (including phenoxy) is 2. The maximum Gasteiger partial charge on any atom is 0.283 e. The quantitative estimate of drug-likeness (QED) is 0.427. The van der Waals surface area contributed by atoms with Crippen LogP contribution in [0.15, 0.2) is 18.2 Å². The zero-order chi connectivity index (χ0) is 15.7. The fraction of sp³-hybridized carbons (Fsp3) is 0.462. The normalized spacial score (nSPS) is 10.4. The Hall–Kier alpha value is -1.70. The van der Waals surface area contributed by atoms with E-state index in [9.17, 15) is 14.9 Å². The molecule has 8 heteroatoms. The summed E-state index contributed by atoms with van der Waals surface area (Å²) in [4.78, 5) is 22.2. The number of hydrogen-bond acceptors (Lipinski definition) is 5. The first-order valence-corrected chi connectivity index (χ1v) is 6.73. The van der Waals surface area contributed by atoms with Gasteiger partial charge in [0.25, 0.3) is 11.6 Å². The minimum Gasteiger partial charge on any atom is -0.382 e. The Morgan fingerprint density at radius 1 is 1.38 bits per heavy atom. The number of carbonyl (C=O) groups excluding carboxylic acids is 1. The van der Waals surface area contributed by atoms with Gasteiger partial charge in [0.05, 0.1) is 18.1 Å². The molecule has 1 N–H and O–H groups in total. The first-order chi connectivity index (χ1) is 10.1. The number of hydrogen-bond donors (Lipinski definition) is 1. The van der Waals surface area contributed by atoms with Gasteiger partial charge in [0, 0.05) is 31.4 Å². The highest BCUT2D eigenvalue weighted by Crippen LogP contribution is 2.22. The molecule has 21 heavy (non-hydrogen) atoms. The van der Waals surface area contributed by atoms with E-state index in [4.69, 9.17) is 21.1 Å². The second-order valence-corrected chi connectivity index (χ2v) is 4.57. The van der Waals surface area contributed by atoms with Crippen molar-refractivity contribution in [1.82, 2.24) is 5.32 Å². The Bertz CT molecular complexity index is 495. The standard InChI is InChI=1S/C13H17ClN2O5/c1-20-7-8-21-6-2-5-15-13(17)11-4-3-10(14)9-12(11)16(18)19/h3-4,9H,2,5-8H2,1H3,(H,15,17). The number of nitro benzene ring substituents is 1. The van der Waals surface area contributed by atoms with Gasteiger partial charge in [-0.1, -0.05) is 11.6 Å². The van der Waals surface area contributed by atoms with Gasteiger partial charge in [0.15, 0.2) is 0 Å².